The van der Waals surface area contributed by atoms with Crippen molar-refractivity contribution in [2.24, 2.45) is 0 Å². The Bertz CT molecular complexity index is 882. The molecule has 1 amide bonds. The Morgan fingerprint density at radius 2 is 1.83 bits per heavy atom. The highest BCUT2D eigenvalue weighted by Crippen LogP contribution is 2.29. The standard InChI is InChI=1S/C17H19N3O3S/c21-17(20-10-7-13-5-1-2-6-16(13)20)15-11-14(12-18-15)24(22,23)19-8-3-4-9-19/h1-2,5-6,11-12,18H,3-4,7-10H2. The summed E-state index contributed by atoms with van der Waals surface area (Å²) in [4.78, 5) is 17.5. The summed E-state index contributed by atoms with van der Waals surface area (Å²) in [7, 11) is -3.50. The van der Waals surface area contributed by atoms with Crippen molar-refractivity contribution in [2.75, 3.05) is 24.5 Å². The van der Waals surface area contributed by atoms with Crippen molar-refractivity contribution in [1.82, 2.24) is 9.29 Å². The van der Waals surface area contributed by atoms with Crippen LogP contribution in [0.2, 0.25) is 0 Å². The maximum Gasteiger partial charge on any atom is 0.274 e. The van der Waals surface area contributed by atoms with Gasteiger partial charge in [-0.15, -0.1) is 0 Å². The van der Waals surface area contributed by atoms with Gasteiger partial charge in [0.1, 0.15) is 10.6 Å². The first-order valence-electron chi connectivity index (χ1n) is 8.16. The number of carbonyl (C=O) groups is 1. The minimum Gasteiger partial charge on any atom is -0.356 e. The van der Waals surface area contributed by atoms with E-state index in [0.29, 0.717) is 25.3 Å². The molecule has 7 heteroatoms. The zero-order chi connectivity index (χ0) is 16.7. The van der Waals surface area contributed by atoms with Crippen LogP contribution in [0, 0.1) is 0 Å². The van der Waals surface area contributed by atoms with E-state index in [0.717, 1.165) is 30.5 Å². The van der Waals surface area contributed by atoms with Gasteiger partial charge in [-0.25, -0.2) is 8.42 Å². The molecule has 1 fully saturated rings. The second kappa shape index (κ2) is 5.75. The number of benzene rings is 1. The number of aromatic nitrogens is 1. The fourth-order valence-corrected chi connectivity index (χ4v) is 4.93. The van der Waals surface area contributed by atoms with Crippen LogP contribution in [0.4, 0.5) is 5.69 Å². The third-order valence-corrected chi connectivity index (χ3v) is 6.60. The Labute approximate surface area is 141 Å². The number of fused-ring (bicyclic) bond motifs is 1. The van der Waals surface area contributed by atoms with Gasteiger partial charge in [-0.05, 0) is 37.0 Å². The lowest BCUT2D eigenvalue weighted by atomic mass is 10.2. The van der Waals surface area contributed by atoms with Crippen LogP contribution in [0.5, 0.6) is 0 Å². The number of nitrogens with one attached hydrogen (secondary N) is 1. The monoisotopic (exact) mass is 345 g/mol. The Balaban J connectivity index is 1.60. The molecule has 4 rings (SSSR count). The van der Waals surface area contributed by atoms with Gasteiger partial charge in [-0.2, -0.15) is 4.31 Å². The van der Waals surface area contributed by atoms with Crippen LogP contribution in [0.15, 0.2) is 41.4 Å². The van der Waals surface area contributed by atoms with Crippen molar-refractivity contribution in [1.29, 1.82) is 0 Å². The number of carbonyl (C=O) groups excluding carboxylic acids is 1. The minimum atomic E-state index is -3.50. The van der Waals surface area contributed by atoms with Crippen molar-refractivity contribution in [3.63, 3.8) is 0 Å². The van der Waals surface area contributed by atoms with Crippen molar-refractivity contribution in [2.45, 2.75) is 24.2 Å². The highest BCUT2D eigenvalue weighted by atomic mass is 32.2. The number of hydrogen-bond donors (Lipinski definition) is 1. The molecular weight excluding hydrogens is 326 g/mol. The summed E-state index contributed by atoms with van der Waals surface area (Å²) in [6, 6.07) is 9.26. The van der Waals surface area contributed by atoms with E-state index < -0.39 is 10.0 Å². The normalized spacial score (nSPS) is 18.1. The number of H-pyrrole nitrogens is 1. The first-order chi connectivity index (χ1) is 11.6. The molecular formula is C17H19N3O3S. The second-order valence-corrected chi connectivity index (χ2v) is 8.13. The largest absolute Gasteiger partial charge is 0.356 e. The SMILES string of the molecule is O=C(c1cc(S(=O)(=O)N2CCCC2)c[nH]1)N1CCc2ccccc21. The fraction of sp³-hybridized carbons (Fsp3) is 0.353. The van der Waals surface area contributed by atoms with Crippen molar-refractivity contribution >= 4 is 21.6 Å². The summed E-state index contributed by atoms with van der Waals surface area (Å²) in [5.74, 6) is -0.192. The molecule has 126 valence electrons. The van der Waals surface area contributed by atoms with E-state index in [1.54, 1.807) is 4.90 Å². The molecule has 1 aromatic heterocycles. The highest BCUT2D eigenvalue weighted by molar-refractivity contribution is 7.89. The molecule has 0 unspecified atom stereocenters. The van der Waals surface area contributed by atoms with Gasteiger partial charge in [0.05, 0.1) is 0 Å². The van der Waals surface area contributed by atoms with Crippen LogP contribution in [-0.2, 0) is 16.4 Å². The quantitative estimate of drug-likeness (QED) is 0.925. The lowest BCUT2D eigenvalue weighted by molar-refractivity contribution is 0.0985. The highest BCUT2D eigenvalue weighted by Gasteiger charge is 2.30. The topological polar surface area (TPSA) is 73.5 Å². The summed E-state index contributed by atoms with van der Waals surface area (Å²) in [5.41, 5.74) is 2.35. The fourth-order valence-electron chi connectivity index (χ4n) is 3.42. The first-order valence-corrected chi connectivity index (χ1v) is 9.60. The molecule has 6 nitrogen and oxygen atoms in total. The number of anilines is 1. The first kappa shape index (κ1) is 15.4. The molecule has 3 heterocycles. The molecule has 2 aliphatic rings. The number of aromatic amines is 1. The van der Waals surface area contributed by atoms with Crippen LogP contribution in [-0.4, -0.2) is 43.2 Å². The van der Waals surface area contributed by atoms with Gasteiger partial charge >= 0.3 is 0 Å². The molecule has 0 bridgehead atoms. The number of sulfonamides is 1. The summed E-state index contributed by atoms with van der Waals surface area (Å²) >= 11 is 0. The van der Waals surface area contributed by atoms with Gasteiger partial charge in [0, 0.05) is 31.5 Å². The second-order valence-electron chi connectivity index (χ2n) is 6.20. The maximum absolute atomic E-state index is 12.8. The molecule has 1 N–H and O–H groups in total. The summed E-state index contributed by atoms with van der Waals surface area (Å²) in [6.07, 6.45) is 4.02. The van der Waals surface area contributed by atoms with E-state index >= 15 is 0 Å². The third kappa shape index (κ3) is 2.44. The van der Waals surface area contributed by atoms with Gasteiger partial charge < -0.3 is 9.88 Å². The zero-order valence-corrected chi connectivity index (χ0v) is 14.1. The smallest absolute Gasteiger partial charge is 0.274 e. The Hall–Kier alpha value is -2.12. The van der Waals surface area contributed by atoms with E-state index in [1.807, 2.05) is 24.3 Å². The van der Waals surface area contributed by atoms with Crippen molar-refractivity contribution in [3.8, 4) is 0 Å². The molecule has 0 aliphatic carbocycles. The summed E-state index contributed by atoms with van der Waals surface area (Å²) in [6.45, 7) is 1.72. The summed E-state index contributed by atoms with van der Waals surface area (Å²) in [5, 5.41) is 0. The third-order valence-electron chi connectivity index (χ3n) is 4.72. The summed E-state index contributed by atoms with van der Waals surface area (Å²) < 4.78 is 26.6. The minimum absolute atomic E-state index is 0.167. The van der Waals surface area contributed by atoms with Crippen LogP contribution < -0.4 is 4.90 Å². The van der Waals surface area contributed by atoms with E-state index in [9.17, 15) is 13.2 Å². The van der Waals surface area contributed by atoms with E-state index in [2.05, 4.69) is 4.98 Å². The molecule has 24 heavy (non-hydrogen) atoms. The van der Waals surface area contributed by atoms with E-state index in [4.69, 9.17) is 0 Å². The van der Waals surface area contributed by atoms with Crippen LogP contribution >= 0.6 is 0 Å². The predicted octanol–water partition coefficient (Wildman–Crippen LogP) is 2.00. The molecule has 1 aromatic carbocycles. The number of nitrogens with zero attached hydrogens (tertiary/aromatic N) is 2. The van der Waals surface area contributed by atoms with Crippen molar-refractivity contribution in [3.05, 3.63) is 47.8 Å². The Morgan fingerprint density at radius 1 is 1.08 bits per heavy atom. The molecule has 2 aromatic rings. The lowest BCUT2D eigenvalue weighted by Crippen LogP contribution is -2.29. The van der Waals surface area contributed by atoms with Gasteiger partial charge in [0.25, 0.3) is 5.91 Å². The molecule has 0 atom stereocenters. The Morgan fingerprint density at radius 3 is 2.62 bits per heavy atom. The number of hydrogen-bond acceptors (Lipinski definition) is 3. The average molecular weight is 345 g/mol. The van der Waals surface area contributed by atoms with Gasteiger partial charge in [-0.1, -0.05) is 18.2 Å². The van der Waals surface area contributed by atoms with Crippen LogP contribution in [0.25, 0.3) is 0 Å². The van der Waals surface area contributed by atoms with Crippen molar-refractivity contribution < 1.29 is 13.2 Å². The molecule has 1 saturated heterocycles. The van der Waals surface area contributed by atoms with Gasteiger partial charge in [0.2, 0.25) is 10.0 Å². The predicted molar refractivity (Wildman–Crippen MR) is 90.6 cm³/mol. The number of amides is 1. The zero-order valence-electron chi connectivity index (χ0n) is 13.2. The van der Waals surface area contributed by atoms with E-state index in [1.165, 1.54) is 16.6 Å². The van der Waals surface area contributed by atoms with Gasteiger partial charge in [0.15, 0.2) is 0 Å². The van der Waals surface area contributed by atoms with Gasteiger partial charge in [-0.3, -0.25) is 4.79 Å². The Kier molecular flexibility index (Phi) is 3.69. The van der Waals surface area contributed by atoms with Crippen LogP contribution in [0.1, 0.15) is 28.9 Å². The van der Waals surface area contributed by atoms with E-state index in [-0.39, 0.29) is 10.8 Å². The van der Waals surface area contributed by atoms with Crippen LogP contribution in [0.3, 0.4) is 0 Å². The number of para-hydroxylation sites is 1. The molecule has 0 spiro atoms. The molecule has 0 radical (unpaired) electrons. The lowest BCUT2D eigenvalue weighted by Gasteiger charge is -2.16. The molecule has 2 aliphatic heterocycles. The maximum atomic E-state index is 12.8. The average Bonchev–Trinajstić information content (AvgIpc) is 3.33. The molecule has 0 saturated carbocycles. The number of rotatable bonds is 3.